The predicted molar refractivity (Wildman–Crippen MR) is 105 cm³/mol. The molecule has 2 aromatic carbocycles. The molecule has 0 saturated heterocycles. The summed E-state index contributed by atoms with van der Waals surface area (Å²) in [6.07, 6.45) is -6.50. The summed E-state index contributed by atoms with van der Waals surface area (Å²) in [5, 5.41) is 0. The number of hydrogen-bond acceptors (Lipinski definition) is 2. The summed E-state index contributed by atoms with van der Waals surface area (Å²) in [7, 11) is -2.71. The van der Waals surface area contributed by atoms with Crippen LogP contribution in [0.2, 0.25) is 0 Å². The molecule has 8 heteroatoms. The van der Waals surface area contributed by atoms with Crippen LogP contribution in [0.15, 0.2) is 53.4 Å². The molecule has 0 amide bonds. The van der Waals surface area contributed by atoms with Crippen molar-refractivity contribution in [3.63, 3.8) is 0 Å². The fourth-order valence-electron chi connectivity index (χ4n) is 2.80. The van der Waals surface area contributed by atoms with Gasteiger partial charge in [-0.3, -0.25) is 9.00 Å². The van der Waals surface area contributed by atoms with Crippen molar-refractivity contribution in [2.45, 2.75) is 36.5 Å². The van der Waals surface area contributed by atoms with E-state index < -0.39 is 34.5 Å². The number of hydrogen-bond donors (Lipinski definition) is 0. The molecule has 0 aliphatic heterocycles. The smallest absolute Gasteiger partial charge is 0.299 e. The topological polar surface area (TPSA) is 34.1 Å². The van der Waals surface area contributed by atoms with Crippen molar-refractivity contribution in [1.82, 2.24) is 0 Å². The molecule has 0 aromatic heterocycles. The molecule has 0 N–H and O–H groups in total. The number of aryl methyl sites for hydroxylation is 1. The first kappa shape index (κ1) is 23.1. The highest BCUT2D eigenvalue weighted by atomic mass is 32.2. The lowest BCUT2D eigenvalue weighted by Crippen LogP contribution is -2.43. The van der Waals surface area contributed by atoms with E-state index in [1.807, 2.05) is 0 Å². The van der Waals surface area contributed by atoms with Crippen LogP contribution in [0.4, 0.5) is 22.0 Å². The number of alkyl halides is 5. The SMILES string of the molecule is C=S(=O)(CC(C)=O)c1ccc(-c2ccc(CCC(F)(CF)C(F)(F)F)cc2)cc1. The maximum absolute atomic E-state index is 13.7. The van der Waals surface area contributed by atoms with Gasteiger partial charge in [0.1, 0.15) is 12.5 Å². The third-order valence-corrected chi connectivity index (χ3v) is 6.54. The van der Waals surface area contributed by atoms with E-state index in [4.69, 9.17) is 0 Å². The molecule has 0 spiro atoms. The van der Waals surface area contributed by atoms with Crippen LogP contribution in [-0.4, -0.2) is 40.1 Å². The van der Waals surface area contributed by atoms with Gasteiger partial charge in [0.15, 0.2) is 0 Å². The van der Waals surface area contributed by atoms with Crippen molar-refractivity contribution >= 4 is 21.2 Å². The van der Waals surface area contributed by atoms with Gasteiger partial charge in [-0.2, -0.15) is 13.2 Å². The van der Waals surface area contributed by atoms with Gasteiger partial charge in [-0.05, 0) is 54.5 Å². The maximum Gasteiger partial charge on any atom is 0.425 e. The van der Waals surface area contributed by atoms with E-state index in [9.17, 15) is 31.0 Å². The molecule has 2 unspecified atom stereocenters. The lowest BCUT2D eigenvalue weighted by molar-refractivity contribution is -0.236. The summed E-state index contributed by atoms with van der Waals surface area (Å²) in [4.78, 5) is 11.7. The van der Waals surface area contributed by atoms with E-state index >= 15 is 0 Å². The largest absolute Gasteiger partial charge is 0.425 e. The Bertz CT molecular complexity index is 948. The number of Topliss-reactive ketones (excluding diaryl/α,β-unsaturated/α-hetero) is 1. The van der Waals surface area contributed by atoms with E-state index in [0.717, 1.165) is 11.1 Å². The molecular formula is C21H21F5O2S. The second kappa shape index (κ2) is 8.65. The van der Waals surface area contributed by atoms with Crippen molar-refractivity contribution in [1.29, 1.82) is 0 Å². The van der Waals surface area contributed by atoms with Gasteiger partial charge < -0.3 is 0 Å². The molecule has 0 fully saturated rings. The average molecular weight is 432 g/mol. The Kier molecular flexibility index (Phi) is 6.88. The third-order valence-electron chi connectivity index (χ3n) is 4.54. The molecule has 0 radical (unpaired) electrons. The number of ketones is 1. The number of carbonyl (C=O) groups excluding carboxylic acids is 1. The molecule has 2 nitrogen and oxygen atoms in total. The first-order valence-electron chi connectivity index (χ1n) is 8.73. The van der Waals surface area contributed by atoms with Crippen molar-refractivity contribution in [2.75, 3.05) is 12.4 Å². The Morgan fingerprint density at radius 3 is 1.86 bits per heavy atom. The summed E-state index contributed by atoms with van der Waals surface area (Å²) in [6.45, 7) is -0.768. The van der Waals surface area contributed by atoms with Crippen molar-refractivity contribution in [2.24, 2.45) is 0 Å². The van der Waals surface area contributed by atoms with Crippen LogP contribution >= 0.6 is 0 Å². The van der Waals surface area contributed by atoms with E-state index in [-0.39, 0.29) is 18.0 Å². The van der Waals surface area contributed by atoms with Crippen LogP contribution in [0.1, 0.15) is 18.9 Å². The average Bonchev–Trinajstić information content (AvgIpc) is 2.64. The fraction of sp³-hybridized carbons (Fsp3) is 0.333. The highest BCUT2D eigenvalue weighted by Crippen LogP contribution is 2.38. The fourth-order valence-corrected chi connectivity index (χ4v) is 4.25. The first-order chi connectivity index (χ1) is 13.4. The Labute approximate surface area is 166 Å². The van der Waals surface area contributed by atoms with Crippen LogP contribution < -0.4 is 0 Å². The zero-order valence-corrected chi connectivity index (χ0v) is 16.6. The quantitative estimate of drug-likeness (QED) is 0.425. The van der Waals surface area contributed by atoms with Gasteiger partial charge >= 0.3 is 6.18 Å². The standard InChI is InChI=1S/C21H21F5O2S/c1-15(27)13-29(2,28)19-9-7-18(8-10-19)17-5-3-16(4-6-17)11-12-20(23,14-22)21(24,25)26/h3-10H,2,11-14H2,1H3. The minimum Gasteiger partial charge on any atom is -0.299 e. The van der Waals surface area contributed by atoms with Gasteiger partial charge in [-0.25, -0.2) is 8.78 Å². The van der Waals surface area contributed by atoms with Crippen LogP contribution in [0, 0.1) is 0 Å². The second-order valence-electron chi connectivity index (χ2n) is 6.98. The maximum atomic E-state index is 13.7. The lowest BCUT2D eigenvalue weighted by atomic mass is 9.96. The second-order valence-corrected chi connectivity index (χ2v) is 9.36. The molecule has 0 aliphatic carbocycles. The number of rotatable bonds is 8. The van der Waals surface area contributed by atoms with Crippen molar-refractivity contribution < 1.29 is 31.0 Å². The Morgan fingerprint density at radius 1 is 0.966 bits per heavy atom. The number of halogens is 5. The lowest BCUT2D eigenvalue weighted by Gasteiger charge is -2.24. The molecule has 0 bridgehead atoms. The Morgan fingerprint density at radius 2 is 1.45 bits per heavy atom. The normalized spacial score (nSPS) is 16.1. The zero-order valence-electron chi connectivity index (χ0n) is 15.8. The molecule has 2 atom stereocenters. The molecular weight excluding hydrogens is 411 g/mol. The van der Waals surface area contributed by atoms with Crippen molar-refractivity contribution in [3.05, 3.63) is 54.1 Å². The van der Waals surface area contributed by atoms with E-state index in [1.165, 1.54) is 6.92 Å². The van der Waals surface area contributed by atoms with E-state index in [2.05, 4.69) is 5.87 Å². The first-order valence-corrected chi connectivity index (χ1v) is 10.6. The minimum atomic E-state index is -5.25. The Balaban J connectivity index is 2.12. The van der Waals surface area contributed by atoms with Crippen LogP contribution in [0.5, 0.6) is 0 Å². The molecule has 2 aromatic rings. The van der Waals surface area contributed by atoms with Crippen LogP contribution in [-0.2, 0) is 20.7 Å². The summed E-state index contributed by atoms with van der Waals surface area (Å²) < 4.78 is 76.6. The van der Waals surface area contributed by atoms with Gasteiger partial charge in [0.2, 0.25) is 5.67 Å². The molecule has 0 heterocycles. The van der Waals surface area contributed by atoms with Crippen LogP contribution in [0.3, 0.4) is 0 Å². The van der Waals surface area contributed by atoms with Gasteiger partial charge in [-0.1, -0.05) is 36.4 Å². The summed E-state index contributed by atoms with van der Waals surface area (Å²) in [5.74, 6) is 3.26. The van der Waals surface area contributed by atoms with E-state index in [0.29, 0.717) is 10.5 Å². The third kappa shape index (κ3) is 5.65. The Hall–Kier alpha value is -2.22. The van der Waals surface area contributed by atoms with Gasteiger partial charge in [0.05, 0.1) is 5.75 Å². The zero-order chi connectivity index (χ0) is 21.9. The molecule has 29 heavy (non-hydrogen) atoms. The molecule has 0 aliphatic rings. The molecule has 2 rings (SSSR count). The molecule has 158 valence electrons. The van der Waals surface area contributed by atoms with Gasteiger partial charge in [0, 0.05) is 14.4 Å². The predicted octanol–water partition coefficient (Wildman–Crippen LogP) is 5.19. The monoisotopic (exact) mass is 432 g/mol. The summed E-state index contributed by atoms with van der Waals surface area (Å²) in [5.41, 5.74) is -1.89. The van der Waals surface area contributed by atoms with Crippen LogP contribution in [0.25, 0.3) is 11.1 Å². The van der Waals surface area contributed by atoms with Gasteiger partial charge in [-0.15, -0.1) is 0 Å². The summed E-state index contributed by atoms with van der Waals surface area (Å²) in [6, 6.07) is 13.1. The highest BCUT2D eigenvalue weighted by molar-refractivity contribution is 8.01. The summed E-state index contributed by atoms with van der Waals surface area (Å²) >= 11 is 0. The van der Waals surface area contributed by atoms with Crippen molar-refractivity contribution in [3.8, 4) is 11.1 Å². The molecule has 0 saturated carbocycles. The van der Waals surface area contributed by atoms with Gasteiger partial charge in [0.25, 0.3) is 0 Å². The number of carbonyl (C=O) groups is 1. The number of benzene rings is 2. The minimum absolute atomic E-state index is 0.145. The highest BCUT2D eigenvalue weighted by Gasteiger charge is 2.55. The van der Waals surface area contributed by atoms with E-state index in [1.54, 1.807) is 48.5 Å².